The van der Waals surface area contributed by atoms with Gasteiger partial charge in [0.1, 0.15) is 7.11 Å². The van der Waals surface area contributed by atoms with Crippen molar-refractivity contribution >= 4 is 23.5 Å². The third-order valence-corrected chi connectivity index (χ3v) is 5.93. The van der Waals surface area contributed by atoms with Crippen LogP contribution in [0, 0.1) is 6.92 Å². The maximum absolute atomic E-state index is 13.2. The molecule has 1 unspecified atom stereocenters. The maximum atomic E-state index is 13.2. The lowest BCUT2D eigenvalue weighted by atomic mass is 10.1. The third-order valence-electron chi connectivity index (χ3n) is 5.68. The summed E-state index contributed by atoms with van der Waals surface area (Å²) in [6, 6.07) is 14.8. The van der Waals surface area contributed by atoms with Gasteiger partial charge in [0.05, 0.1) is 23.8 Å². The number of hydrogen-bond donors (Lipinski definition) is 1. The molecule has 1 aromatic heterocycles. The van der Waals surface area contributed by atoms with Crippen LogP contribution < -0.4 is 15.7 Å². The lowest BCUT2D eigenvalue weighted by Crippen LogP contribution is -2.42. The monoisotopic (exact) mass is 452 g/mol. The minimum atomic E-state index is -0.315. The molecule has 2 aromatic carbocycles. The predicted octanol–water partition coefficient (Wildman–Crippen LogP) is 3.64. The van der Waals surface area contributed by atoms with Gasteiger partial charge in [-0.25, -0.2) is 4.98 Å². The Kier molecular flexibility index (Phi) is 6.19. The van der Waals surface area contributed by atoms with Gasteiger partial charge in [-0.3, -0.25) is 9.59 Å². The minimum absolute atomic E-state index is 0.0754. The molecule has 3 aromatic rings. The van der Waals surface area contributed by atoms with E-state index in [9.17, 15) is 9.59 Å². The van der Waals surface area contributed by atoms with Crippen molar-refractivity contribution in [3.8, 4) is 0 Å². The summed E-state index contributed by atoms with van der Waals surface area (Å²) in [4.78, 5) is 37.7. The SMILES string of the molecule is COn1c(NC(C)c2ccc(C)cc2)nc2c(c1=O)CN(C(=O)c1ccc(Cl)cc1)CC2. The molecule has 32 heavy (non-hydrogen) atoms. The summed E-state index contributed by atoms with van der Waals surface area (Å²) in [5, 5.41) is 3.85. The summed E-state index contributed by atoms with van der Waals surface area (Å²) in [5.41, 5.74) is 3.62. The molecular weight excluding hydrogens is 428 g/mol. The lowest BCUT2D eigenvalue weighted by molar-refractivity contribution is 0.0728. The molecule has 0 saturated carbocycles. The van der Waals surface area contributed by atoms with Crippen molar-refractivity contribution in [3.05, 3.63) is 91.9 Å². The third kappa shape index (κ3) is 4.34. The molecule has 0 radical (unpaired) electrons. The zero-order valence-electron chi connectivity index (χ0n) is 18.3. The molecular formula is C24H25ClN4O3. The molecule has 1 aliphatic rings. The number of anilines is 1. The highest BCUT2D eigenvalue weighted by Crippen LogP contribution is 2.22. The summed E-state index contributed by atoms with van der Waals surface area (Å²) in [5.74, 6) is 0.202. The second-order valence-corrected chi connectivity index (χ2v) is 8.34. The summed E-state index contributed by atoms with van der Waals surface area (Å²) < 4.78 is 1.15. The number of fused-ring (bicyclic) bond motifs is 1. The van der Waals surface area contributed by atoms with Crippen LogP contribution in [0.2, 0.25) is 5.02 Å². The highest BCUT2D eigenvalue weighted by molar-refractivity contribution is 6.30. The average molecular weight is 453 g/mol. The topological polar surface area (TPSA) is 76.5 Å². The second-order valence-electron chi connectivity index (χ2n) is 7.90. The molecule has 0 fully saturated rings. The summed E-state index contributed by atoms with van der Waals surface area (Å²) in [6.07, 6.45) is 0.488. The molecule has 1 amide bonds. The Morgan fingerprint density at radius 2 is 1.84 bits per heavy atom. The summed E-state index contributed by atoms with van der Waals surface area (Å²) >= 11 is 5.92. The summed E-state index contributed by atoms with van der Waals surface area (Å²) in [6.45, 7) is 4.70. The molecule has 1 atom stereocenters. The summed E-state index contributed by atoms with van der Waals surface area (Å²) in [7, 11) is 1.43. The molecule has 0 saturated heterocycles. The number of rotatable bonds is 5. The van der Waals surface area contributed by atoms with Crippen molar-refractivity contribution in [1.82, 2.24) is 14.6 Å². The van der Waals surface area contributed by atoms with Gasteiger partial charge in [0, 0.05) is 23.6 Å². The molecule has 0 spiro atoms. The first-order chi connectivity index (χ1) is 15.4. The maximum Gasteiger partial charge on any atom is 0.293 e. The smallest absolute Gasteiger partial charge is 0.293 e. The first-order valence-corrected chi connectivity index (χ1v) is 10.8. The van der Waals surface area contributed by atoms with Crippen molar-refractivity contribution in [2.45, 2.75) is 32.9 Å². The number of nitrogens with one attached hydrogen (secondary N) is 1. The second kappa shape index (κ2) is 9.04. The van der Waals surface area contributed by atoms with Gasteiger partial charge in [0.2, 0.25) is 5.95 Å². The number of amides is 1. The van der Waals surface area contributed by atoms with Crippen LogP contribution in [0.1, 0.15) is 45.7 Å². The van der Waals surface area contributed by atoms with Crippen molar-refractivity contribution in [2.24, 2.45) is 0 Å². The highest BCUT2D eigenvalue weighted by Gasteiger charge is 2.27. The fraction of sp³-hybridized carbons (Fsp3) is 0.292. The quantitative estimate of drug-likeness (QED) is 0.639. The highest BCUT2D eigenvalue weighted by atomic mass is 35.5. The lowest BCUT2D eigenvalue weighted by Gasteiger charge is -2.29. The molecule has 7 nitrogen and oxygen atoms in total. The predicted molar refractivity (Wildman–Crippen MR) is 124 cm³/mol. The molecule has 4 rings (SSSR count). The number of hydrogen-bond acceptors (Lipinski definition) is 5. The van der Waals surface area contributed by atoms with Crippen LogP contribution in [0.4, 0.5) is 5.95 Å². The largest absolute Gasteiger partial charge is 0.411 e. The Bertz CT molecular complexity index is 1190. The number of aromatic nitrogens is 2. The van der Waals surface area contributed by atoms with Gasteiger partial charge in [0.25, 0.3) is 11.5 Å². The van der Waals surface area contributed by atoms with Crippen molar-refractivity contribution in [3.63, 3.8) is 0 Å². The Morgan fingerprint density at radius 1 is 1.16 bits per heavy atom. The van der Waals surface area contributed by atoms with E-state index in [1.165, 1.54) is 12.7 Å². The molecule has 1 aliphatic heterocycles. The van der Waals surface area contributed by atoms with Crippen molar-refractivity contribution in [1.29, 1.82) is 0 Å². The van der Waals surface area contributed by atoms with Gasteiger partial charge in [-0.2, -0.15) is 0 Å². The van der Waals surface area contributed by atoms with Crippen LogP contribution in [0.15, 0.2) is 53.3 Å². The first-order valence-electron chi connectivity index (χ1n) is 10.4. The molecule has 8 heteroatoms. The van der Waals surface area contributed by atoms with E-state index in [1.807, 2.05) is 38.1 Å². The van der Waals surface area contributed by atoms with Gasteiger partial charge < -0.3 is 15.1 Å². The van der Waals surface area contributed by atoms with Gasteiger partial charge in [-0.05, 0) is 43.7 Å². The number of carbonyl (C=O) groups excluding carboxylic acids is 1. The van der Waals surface area contributed by atoms with E-state index in [1.54, 1.807) is 29.2 Å². The Morgan fingerprint density at radius 3 is 2.50 bits per heavy atom. The Hall–Kier alpha value is -3.32. The molecule has 0 bridgehead atoms. The molecule has 166 valence electrons. The van der Waals surface area contributed by atoms with Crippen LogP contribution >= 0.6 is 11.6 Å². The van der Waals surface area contributed by atoms with Crippen LogP contribution in [-0.2, 0) is 13.0 Å². The van der Waals surface area contributed by atoms with Crippen LogP contribution in [0.3, 0.4) is 0 Å². The zero-order chi connectivity index (χ0) is 22.8. The standard InChI is InChI=1S/C24H25ClN4O3/c1-15-4-6-17(7-5-15)16(2)26-24-27-21-12-13-28(14-20(21)23(31)29(24)32-3)22(30)18-8-10-19(25)11-9-18/h4-11,16H,12-14H2,1-3H3,(H,26,27). The van der Waals surface area contributed by atoms with Crippen molar-refractivity contribution in [2.75, 3.05) is 19.0 Å². The van der Waals surface area contributed by atoms with E-state index in [2.05, 4.69) is 10.3 Å². The molecule has 2 heterocycles. The number of nitrogens with zero attached hydrogens (tertiary/aromatic N) is 3. The van der Waals surface area contributed by atoms with Crippen LogP contribution in [0.5, 0.6) is 0 Å². The van der Waals surface area contributed by atoms with Crippen LogP contribution in [0.25, 0.3) is 0 Å². The molecule has 0 aliphatic carbocycles. The Labute approximate surface area is 191 Å². The van der Waals surface area contributed by atoms with Gasteiger partial charge in [-0.1, -0.05) is 41.4 Å². The van der Waals surface area contributed by atoms with E-state index in [0.717, 1.165) is 10.3 Å². The fourth-order valence-electron chi connectivity index (χ4n) is 3.80. The van der Waals surface area contributed by atoms with Gasteiger partial charge >= 0.3 is 0 Å². The number of benzene rings is 2. The Balaban J connectivity index is 1.60. The van der Waals surface area contributed by atoms with E-state index in [0.29, 0.717) is 40.8 Å². The minimum Gasteiger partial charge on any atom is -0.411 e. The fourth-order valence-corrected chi connectivity index (χ4v) is 3.93. The average Bonchev–Trinajstić information content (AvgIpc) is 2.79. The van der Waals surface area contributed by atoms with E-state index < -0.39 is 0 Å². The number of carbonyl (C=O) groups is 1. The van der Waals surface area contributed by atoms with Gasteiger partial charge in [-0.15, -0.1) is 4.73 Å². The van der Waals surface area contributed by atoms with Crippen LogP contribution in [-0.4, -0.2) is 34.2 Å². The normalized spacial score (nSPS) is 13.9. The van der Waals surface area contributed by atoms with Crippen molar-refractivity contribution < 1.29 is 9.63 Å². The van der Waals surface area contributed by atoms with E-state index in [-0.39, 0.29) is 24.1 Å². The first kappa shape index (κ1) is 21.9. The number of aryl methyl sites for hydroxylation is 1. The van der Waals surface area contributed by atoms with Gasteiger partial charge in [0.15, 0.2) is 0 Å². The van der Waals surface area contributed by atoms with E-state index >= 15 is 0 Å². The number of halogens is 1. The zero-order valence-corrected chi connectivity index (χ0v) is 19.0. The molecule has 1 N–H and O–H groups in total. The van der Waals surface area contributed by atoms with E-state index in [4.69, 9.17) is 16.4 Å².